The Kier molecular flexibility index (Phi) is 17.2. The molecule has 0 saturated carbocycles. The van der Waals surface area contributed by atoms with E-state index in [2.05, 4.69) is 20.8 Å². The smallest absolute Gasteiger partial charge is 0.320 e. The standard InChI is InChI=1S/C39H65BrN4O8/c1-36(2,3)49-32(45)25-41-17-18-42(26-33(46)50-37(4,5)6)21-22-44(28-35(48)52-39(10,11)12)31(23-29-13-15-30(40)16-14-29)24-43(20-19-41)27-34(47)51-38(7,8)9/h13-16,31H,17-28H2,1-12H3. The Bertz CT molecular complexity index is 1310. The van der Waals surface area contributed by atoms with Crippen LogP contribution in [0.2, 0.25) is 0 Å². The molecule has 2 rings (SSSR count). The van der Waals surface area contributed by atoms with Crippen molar-refractivity contribution in [3.63, 3.8) is 0 Å². The van der Waals surface area contributed by atoms with Crippen molar-refractivity contribution in [2.45, 2.75) is 118 Å². The molecule has 296 valence electrons. The molecule has 0 amide bonds. The van der Waals surface area contributed by atoms with Gasteiger partial charge in [0.1, 0.15) is 22.4 Å². The molecule has 0 bridgehead atoms. The fourth-order valence-corrected chi connectivity index (χ4v) is 5.97. The van der Waals surface area contributed by atoms with Crippen LogP contribution in [0.25, 0.3) is 0 Å². The highest BCUT2D eigenvalue weighted by Crippen LogP contribution is 2.18. The van der Waals surface area contributed by atoms with Crippen molar-refractivity contribution in [3.8, 4) is 0 Å². The number of benzene rings is 1. The van der Waals surface area contributed by atoms with Gasteiger partial charge in [-0.05, 0) is 107 Å². The summed E-state index contributed by atoms with van der Waals surface area (Å²) >= 11 is 3.53. The Hall–Kier alpha value is -2.58. The molecule has 0 radical (unpaired) electrons. The Morgan fingerprint density at radius 3 is 1.25 bits per heavy atom. The number of carbonyl (C=O) groups is 4. The van der Waals surface area contributed by atoms with Crippen LogP contribution in [0, 0.1) is 0 Å². The van der Waals surface area contributed by atoms with Crippen molar-refractivity contribution < 1.29 is 38.1 Å². The Morgan fingerprint density at radius 2 is 0.865 bits per heavy atom. The highest BCUT2D eigenvalue weighted by atomic mass is 79.9. The number of carbonyl (C=O) groups excluding carboxylic acids is 4. The second kappa shape index (κ2) is 19.7. The molecule has 1 aliphatic heterocycles. The first-order valence-corrected chi connectivity index (χ1v) is 19.1. The maximum absolute atomic E-state index is 13.4. The minimum absolute atomic E-state index is 0.0176. The number of hydrogen-bond donors (Lipinski definition) is 0. The van der Waals surface area contributed by atoms with Gasteiger partial charge in [-0.1, -0.05) is 28.1 Å². The maximum atomic E-state index is 13.4. The van der Waals surface area contributed by atoms with E-state index in [0.29, 0.717) is 52.2 Å². The lowest BCUT2D eigenvalue weighted by molar-refractivity contribution is -0.160. The third kappa shape index (κ3) is 20.6. The van der Waals surface area contributed by atoms with E-state index in [9.17, 15) is 19.2 Å². The first-order valence-electron chi connectivity index (χ1n) is 18.3. The van der Waals surface area contributed by atoms with Gasteiger partial charge in [-0.2, -0.15) is 0 Å². The third-order valence-electron chi connectivity index (χ3n) is 7.61. The summed E-state index contributed by atoms with van der Waals surface area (Å²) in [5.74, 6) is -1.43. The largest absolute Gasteiger partial charge is 0.459 e. The second-order valence-corrected chi connectivity index (χ2v) is 18.5. The molecule has 1 heterocycles. The molecule has 1 aromatic carbocycles. The molecule has 1 unspecified atom stereocenters. The maximum Gasteiger partial charge on any atom is 0.320 e. The van der Waals surface area contributed by atoms with Crippen molar-refractivity contribution in [1.82, 2.24) is 19.6 Å². The van der Waals surface area contributed by atoms with Gasteiger partial charge in [-0.3, -0.25) is 38.8 Å². The van der Waals surface area contributed by atoms with Gasteiger partial charge in [0.2, 0.25) is 0 Å². The van der Waals surface area contributed by atoms with Gasteiger partial charge in [-0.25, -0.2) is 0 Å². The highest BCUT2D eigenvalue weighted by Gasteiger charge is 2.31. The lowest BCUT2D eigenvalue weighted by Gasteiger charge is -2.38. The van der Waals surface area contributed by atoms with Crippen LogP contribution in [0.3, 0.4) is 0 Å². The third-order valence-corrected chi connectivity index (χ3v) is 8.14. The van der Waals surface area contributed by atoms with Crippen LogP contribution in [0.4, 0.5) is 0 Å². The first kappa shape index (κ1) is 45.6. The summed E-state index contributed by atoms with van der Waals surface area (Å²) in [6.45, 7) is 25.3. The van der Waals surface area contributed by atoms with Crippen molar-refractivity contribution >= 4 is 39.8 Å². The Morgan fingerprint density at radius 1 is 0.538 bits per heavy atom. The molecule has 0 aromatic heterocycles. The molecule has 0 spiro atoms. The number of esters is 4. The van der Waals surface area contributed by atoms with Crippen LogP contribution >= 0.6 is 15.9 Å². The second-order valence-electron chi connectivity index (χ2n) is 17.6. The number of hydrogen-bond acceptors (Lipinski definition) is 12. The van der Waals surface area contributed by atoms with Crippen molar-refractivity contribution in [3.05, 3.63) is 34.3 Å². The first-order chi connectivity index (χ1) is 23.7. The number of rotatable bonds is 10. The monoisotopic (exact) mass is 796 g/mol. The molecular formula is C39H65BrN4O8. The van der Waals surface area contributed by atoms with Crippen LogP contribution in [-0.4, -0.2) is 144 Å². The zero-order valence-corrected chi connectivity index (χ0v) is 35.4. The van der Waals surface area contributed by atoms with Crippen molar-refractivity contribution in [1.29, 1.82) is 0 Å². The molecule has 52 heavy (non-hydrogen) atoms. The number of nitrogens with zero attached hydrogens (tertiary/aromatic N) is 4. The van der Waals surface area contributed by atoms with Gasteiger partial charge >= 0.3 is 23.9 Å². The van der Waals surface area contributed by atoms with Gasteiger partial charge < -0.3 is 18.9 Å². The fourth-order valence-electron chi connectivity index (χ4n) is 5.71. The van der Waals surface area contributed by atoms with Crippen LogP contribution in [0.5, 0.6) is 0 Å². The quantitative estimate of drug-likeness (QED) is 0.236. The van der Waals surface area contributed by atoms with Crippen molar-refractivity contribution in [2.75, 3.05) is 72.0 Å². The van der Waals surface area contributed by atoms with Gasteiger partial charge in [0.05, 0.1) is 26.2 Å². The number of halogens is 1. The van der Waals surface area contributed by atoms with E-state index in [1.54, 1.807) is 0 Å². The van der Waals surface area contributed by atoms with Gasteiger partial charge in [0, 0.05) is 56.3 Å². The summed E-state index contributed by atoms with van der Waals surface area (Å²) in [5.41, 5.74) is -1.57. The van der Waals surface area contributed by atoms with Crippen LogP contribution in [-0.2, 0) is 44.5 Å². The summed E-state index contributed by atoms with van der Waals surface area (Å²) in [6.07, 6.45) is 0.578. The van der Waals surface area contributed by atoms with Crippen molar-refractivity contribution in [2.24, 2.45) is 0 Å². The van der Waals surface area contributed by atoms with Gasteiger partial charge in [-0.15, -0.1) is 0 Å². The topological polar surface area (TPSA) is 118 Å². The van der Waals surface area contributed by atoms with Gasteiger partial charge in [0.25, 0.3) is 0 Å². The summed E-state index contributed by atoms with van der Waals surface area (Å²) in [5, 5.41) is 0. The van der Waals surface area contributed by atoms with Crippen LogP contribution in [0.1, 0.15) is 88.6 Å². The molecule has 1 saturated heterocycles. The number of ether oxygens (including phenoxy) is 4. The molecule has 1 aromatic rings. The van der Waals surface area contributed by atoms with E-state index in [1.165, 1.54) is 0 Å². The molecule has 13 heteroatoms. The summed E-state index contributed by atoms with van der Waals surface area (Å²) in [4.78, 5) is 61.0. The predicted octanol–water partition coefficient (Wildman–Crippen LogP) is 4.95. The molecule has 0 aliphatic carbocycles. The lowest BCUT2D eigenvalue weighted by Crippen LogP contribution is -2.54. The van der Waals surface area contributed by atoms with Crippen LogP contribution in [0.15, 0.2) is 28.7 Å². The summed E-state index contributed by atoms with van der Waals surface area (Å²) in [7, 11) is 0. The zero-order chi connectivity index (χ0) is 39.5. The molecule has 1 aliphatic rings. The SMILES string of the molecule is CC(C)(C)OC(=O)CN1CCN(CC(=O)OC(C)(C)C)CCN(CC(=O)OC(C)(C)C)C(Cc2ccc(Br)cc2)CN(CC(=O)OC(C)(C)C)CC1. The Balaban J connectivity index is 2.59. The molecular weight excluding hydrogens is 732 g/mol. The minimum atomic E-state index is -0.673. The normalized spacial score (nSPS) is 18.5. The van der Waals surface area contributed by atoms with E-state index in [-0.39, 0.29) is 56.1 Å². The zero-order valence-electron chi connectivity index (χ0n) is 33.8. The summed E-state index contributed by atoms with van der Waals surface area (Å²) < 4.78 is 23.9. The molecule has 0 N–H and O–H groups in total. The van der Waals surface area contributed by atoms with E-state index in [1.807, 2.05) is 122 Å². The lowest BCUT2D eigenvalue weighted by atomic mass is 10.0. The van der Waals surface area contributed by atoms with E-state index in [4.69, 9.17) is 18.9 Å². The van der Waals surface area contributed by atoms with Gasteiger partial charge in [0.15, 0.2) is 0 Å². The average molecular weight is 798 g/mol. The highest BCUT2D eigenvalue weighted by molar-refractivity contribution is 9.10. The predicted molar refractivity (Wildman–Crippen MR) is 206 cm³/mol. The Labute approximate surface area is 320 Å². The fraction of sp³-hybridized carbons (Fsp3) is 0.744. The molecule has 12 nitrogen and oxygen atoms in total. The average Bonchev–Trinajstić information content (AvgIpc) is 2.92. The minimum Gasteiger partial charge on any atom is -0.459 e. The van der Waals surface area contributed by atoms with E-state index >= 15 is 0 Å². The van der Waals surface area contributed by atoms with Crippen LogP contribution < -0.4 is 0 Å². The summed E-state index contributed by atoms with van der Waals surface area (Å²) in [6, 6.07) is 7.82. The van der Waals surface area contributed by atoms with E-state index in [0.717, 1.165) is 10.0 Å². The molecule has 1 fully saturated rings. The van der Waals surface area contributed by atoms with E-state index < -0.39 is 22.4 Å². The molecule has 1 atom stereocenters.